The Morgan fingerprint density at radius 2 is 1.93 bits per heavy atom. The van der Waals surface area contributed by atoms with Gasteiger partial charge in [-0.25, -0.2) is 9.78 Å². The monoisotopic (exact) mass is 615 g/mol. The van der Waals surface area contributed by atoms with E-state index in [2.05, 4.69) is 15.6 Å². The second-order valence-corrected chi connectivity index (χ2v) is 11.7. The Morgan fingerprint density at radius 1 is 1.11 bits per heavy atom. The van der Waals surface area contributed by atoms with Crippen LogP contribution in [0.3, 0.4) is 0 Å². The highest BCUT2D eigenvalue weighted by Crippen LogP contribution is 2.46. The number of thiophene rings is 1. The van der Waals surface area contributed by atoms with E-state index in [9.17, 15) is 14.4 Å². The highest BCUT2D eigenvalue weighted by Gasteiger charge is 2.35. The molecule has 0 spiro atoms. The molecule has 1 fully saturated rings. The third-order valence-corrected chi connectivity index (χ3v) is 8.88. The van der Waals surface area contributed by atoms with Crippen LogP contribution in [0.2, 0.25) is 0 Å². The molecule has 4 heterocycles. The van der Waals surface area contributed by atoms with Crippen LogP contribution in [0.1, 0.15) is 28.1 Å². The van der Waals surface area contributed by atoms with Crippen molar-refractivity contribution in [3.05, 3.63) is 71.2 Å². The minimum atomic E-state index is -0.694. The first kappa shape index (κ1) is 29.5. The molecule has 0 radical (unpaired) electrons. The minimum absolute atomic E-state index is 0.158. The summed E-state index contributed by atoms with van der Waals surface area (Å²) in [6.45, 7) is 3.02. The predicted octanol–water partition coefficient (Wildman–Crippen LogP) is 5.46. The zero-order chi connectivity index (χ0) is 30.8. The molecule has 2 aliphatic rings. The summed E-state index contributed by atoms with van der Waals surface area (Å²) in [4.78, 5) is 49.0. The molecule has 2 N–H and O–H groups in total. The first-order chi connectivity index (χ1) is 21.4. The Bertz CT molecular complexity index is 1710. The van der Waals surface area contributed by atoms with Crippen LogP contribution in [0.4, 0.5) is 21.9 Å². The summed E-state index contributed by atoms with van der Waals surface area (Å²) in [5, 5.41) is 6.74. The van der Waals surface area contributed by atoms with E-state index in [1.165, 1.54) is 25.6 Å². The van der Waals surface area contributed by atoms with Crippen molar-refractivity contribution in [1.82, 2.24) is 15.2 Å². The maximum absolute atomic E-state index is 13.6. The van der Waals surface area contributed by atoms with Crippen molar-refractivity contribution in [3.8, 4) is 11.5 Å². The van der Waals surface area contributed by atoms with Gasteiger partial charge >= 0.3 is 6.03 Å². The number of nitrogens with one attached hydrogen (secondary N) is 2. The first-order valence-corrected chi connectivity index (χ1v) is 15.2. The van der Waals surface area contributed by atoms with E-state index in [1.54, 1.807) is 22.1 Å². The molecule has 0 aliphatic carbocycles. The molecular formula is C32H33N5O6S. The van der Waals surface area contributed by atoms with Crippen LogP contribution in [0.5, 0.6) is 11.5 Å². The van der Waals surface area contributed by atoms with Gasteiger partial charge in [-0.15, -0.1) is 11.3 Å². The summed E-state index contributed by atoms with van der Waals surface area (Å²) in [5.74, 6) is 0.893. The van der Waals surface area contributed by atoms with Crippen LogP contribution < -0.4 is 20.3 Å². The highest BCUT2D eigenvalue weighted by atomic mass is 32.1. The van der Waals surface area contributed by atoms with Crippen molar-refractivity contribution in [2.24, 2.45) is 0 Å². The highest BCUT2D eigenvalue weighted by molar-refractivity contribution is 7.21. The number of amides is 4. The number of rotatable bonds is 9. The normalized spacial score (nSPS) is 16.9. The second-order valence-electron chi connectivity index (χ2n) is 10.7. The number of anilines is 3. The molecule has 2 aromatic heterocycles. The summed E-state index contributed by atoms with van der Waals surface area (Å²) in [7, 11) is 3.00. The van der Waals surface area contributed by atoms with Crippen molar-refractivity contribution in [1.29, 1.82) is 0 Å². The summed E-state index contributed by atoms with van der Waals surface area (Å²) < 4.78 is 16.4. The zero-order valence-corrected chi connectivity index (χ0v) is 25.5. The van der Waals surface area contributed by atoms with Crippen LogP contribution in [-0.4, -0.2) is 73.8 Å². The minimum Gasteiger partial charge on any atom is -0.457 e. The van der Waals surface area contributed by atoms with Gasteiger partial charge in [0.15, 0.2) is 6.10 Å². The third-order valence-electron chi connectivity index (χ3n) is 7.79. The number of likely N-dealkylation sites (tertiary alicyclic amines) is 1. The van der Waals surface area contributed by atoms with Gasteiger partial charge in [-0.2, -0.15) is 0 Å². The zero-order valence-electron chi connectivity index (χ0n) is 24.7. The molecule has 4 amide bonds. The Balaban J connectivity index is 1.24. The van der Waals surface area contributed by atoms with Gasteiger partial charge in [0.2, 0.25) is 0 Å². The molecule has 0 bridgehead atoms. The van der Waals surface area contributed by atoms with Gasteiger partial charge in [0.05, 0.1) is 29.1 Å². The van der Waals surface area contributed by atoms with Crippen LogP contribution in [0, 0.1) is 6.92 Å². The van der Waals surface area contributed by atoms with E-state index in [0.717, 1.165) is 24.2 Å². The Labute approximate surface area is 258 Å². The van der Waals surface area contributed by atoms with E-state index in [4.69, 9.17) is 14.2 Å². The van der Waals surface area contributed by atoms with Crippen LogP contribution in [-0.2, 0) is 14.3 Å². The fourth-order valence-electron chi connectivity index (χ4n) is 5.69. The fraction of sp³-hybridized carbons (Fsp3) is 0.312. The lowest BCUT2D eigenvalue weighted by molar-refractivity contribution is -0.146. The molecule has 11 nitrogen and oxygen atoms in total. The predicted molar refractivity (Wildman–Crippen MR) is 168 cm³/mol. The molecule has 4 aromatic rings. The molecule has 12 heteroatoms. The lowest BCUT2D eigenvalue weighted by Crippen LogP contribution is -2.52. The smallest absolute Gasteiger partial charge is 0.331 e. The molecule has 2 atom stereocenters. The number of carbonyl (C=O) groups excluding carboxylic acids is 3. The molecule has 1 saturated heterocycles. The van der Waals surface area contributed by atoms with E-state index in [1.807, 2.05) is 55.5 Å². The van der Waals surface area contributed by atoms with Gasteiger partial charge in [-0.3, -0.25) is 14.5 Å². The van der Waals surface area contributed by atoms with Crippen LogP contribution in [0.25, 0.3) is 10.2 Å². The number of aromatic nitrogens is 1. The van der Waals surface area contributed by atoms with Crippen molar-refractivity contribution < 1.29 is 28.6 Å². The Kier molecular flexibility index (Phi) is 8.47. The molecule has 228 valence electrons. The topological polar surface area (TPSA) is 122 Å². The number of nitrogens with zero attached hydrogens (tertiary/aromatic N) is 3. The van der Waals surface area contributed by atoms with Crippen molar-refractivity contribution >= 4 is 56.5 Å². The number of carbonyl (C=O) groups is 3. The van der Waals surface area contributed by atoms with Gasteiger partial charge in [0.25, 0.3) is 11.8 Å². The lowest BCUT2D eigenvalue weighted by atomic mass is 10.0. The maximum atomic E-state index is 13.6. The third kappa shape index (κ3) is 5.71. The number of hydrogen-bond donors (Lipinski definition) is 2. The number of hydrogen-bond acceptors (Lipinski definition) is 8. The molecule has 6 rings (SSSR count). The molecule has 2 aliphatic heterocycles. The SMILES string of the molecule is COC[C@@H](OC)C(=O)N1CCC[C@@H](NC(=O)c2sc3nccc4c3c2NC(=O)N4c2ccc(Oc3ccccc3)cc2C)C1. The van der Waals surface area contributed by atoms with Crippen molar-refractivity contribution in [2.45, 2.75) is 31.9 Å². The average Bonchev–Trinajstić information content (AvgIpc) is 3.40. The van der Waals surface area contributed by atoms with Gasteiger partial charge in [-0.1, -0.05) is 18.2 Å². The van der Waals surface area contributed by atoms with E-state index in [-0.39, 0.29) is 30.5 Å². The van der Waals surface area contributed by atoms with Gasteiger partial charge in [-0.05, 0) is 61.7 Å². The molecule has 44 heavy (non-hydrogen) atoms. The van der Waals surface area contributed by atoms with E-state index in [0.29, 0.717) is 51.0 Å². The summed E-state index contributed by atoms with van der Waals surface area (Å²) >= 11 is 1.23. The van der Waals surface area contributed by atoms with Crippen molar-refractivity contribution in [2.75, 3.05) is 44.1 Å². The average molecular weight is 616 g/mol. The van der Waals surface area contributed by atoms with E-state index < -0.39 is 6.10 Å². The summed E-state index contributed by atoms with van der Waals surface area (Å²) in [6, 6.07) is 16.2. The van der Waals surface area contributed by atoms with Crippen LogP contribution >= 0.6 is 11.3 Å². The van der Waals surface area contributed by atoms with Gasteiger partial charge in [0.1, 0.15) is 21.2 Å². The quantitative estimate of drug-likeness (QED) is 0.256. The van der Waals surface area contributed by atoms with Gasteiger partial charge < -0.3 is 29.7 Å². The number of urea groups is 1. The summed E-state index contributed by atoms with van der Waals surface area (Å²) in [5.41, 5.74) is 2.61. The number of methoxy groups -OCH3 is 2. The standard InChI is InChI=1S/C32H33N5O6S/c1-19-16-22(43-21-9-5-4-6-10-21)11-12-23(19)37-24-13-14-33-30-26(24)27(35-32(37)40)28(44-30)29(38)34-20-8-7-15-36(17-20)31(39)25(42-3)18-41-2/h4-6,9-14,16,20,25H,7-8,15,17-18H2,1-3H3,(H,34,38)(H,35,40)/t20-,25-/m1/s1. The van der Waals surface area contributed by atoms with Gasteiger partial charge in [0, 0.05) is 39.5 Å². The van der Waals surface area contributed by atoms with Crippen LogP contribution in [0.15, 0.2) is 60.8 Å². The number of piperidine rings is 1. The number of pyridine rings is 1. The first-order valence-electron chi connectivity index (χ1n) is 14.4. The number of para-hydroxylation sites is 1. The number of benzene rings is 2. The Hall–Kier alpha value is -4.52. The molecular weight excluding hydrogens is 582 g/mol. The molecule has 0 saturated carbocycles. The lowest BCUT2D eigenvalue weighted by Gasteiger charge is -2.35. The molecule has 0 unspecified atom stereocenters. The van der Waals surface area contributed by atoms with E-state index >= 15 is 0 Å². The fourth-order valence-corrected chi connectivity index (χ4v) is 6.71. The summed E-state index contributed by atoms with van der Waals surface area (Å²) in [6.07, 6.45) is 2.42. The van der Waals surface area contributed by atoms with Crippen molar-refractivity contribution in [3.63, 3.8) is 0 Å². The largest absolute Gasteiger partial charge is 0.457 e. The number of ether oxygens (including phenoxy) is 3. The second kappa shape index (κ2) is 12.6. The molecule has 2 aromatic carbocycles. The Morgan fingerprint density at radius 3 is 2.68 bits per heavy atom. The maximum Gasteiger partial charge on any atom is 0.331 e. The number of aryl methyl sites for hydroxylation is 1.